The Hall–Kier alpha value is -1.31. The molecule has 1 aliphatic rings. The second-order valence-electron chi connectivity index (χ2n) is 5.54. The molecule has 6 heteroatoms. The number of hydrogen-bond donors (Lipinski definition) is 2. The molecule has 0 radical (unpaired) electrons. The lowest BCUT2D eigenvalue weighted by Crippen LogP contribution is -2.37. The quantitative estimate of drug-likeness (QED) is 0.455. The summed E-state index contributed by atoms with van der Waals surface area (Å²) < 4.78 is 19.1. The highest BCUT2D eigenvalue weighted by Crippen LogP contribution is 2.27. The number of furan rings is 1. The second kappa shape index (κ2) is 7.30. The van der Waals surface area contributed by atoms with Gasteiger partial charge in [-0.3, -0.25) is 4.99 Å². The van der Waals surface area contributed by atoms with Gasteiger partial charge in [0.05, 0.1) is 6.54 Å². The summed E-state index contributed by atoms with van der Waals surface area (Å²) in [6.45, 7) is 3.44. The van der Waals surface area contributed by atoms with E-state index in [0.717, 1.165) is 35.1 Å². The fourth-order valence-electron chi connectivity index (χ4n) is 2.36. The van der Waals surface area contributed by atoms with Crippen LogP contribution >= 0.6 is 24.0 Å². The molecule has 1 saturated carbocycles. The molecule has 2 aromatic rings. The van der Waals surface area contributed by atoms with E-state index >= 15 is 0 Å². The van der Waals surface area contributed by atoms with Gasteiger partial charge in [-0.2, -0.15) is 0 Å². The number of guanidine groups is 1. The Balaban J connectivity index is 0.00000176. The highest BCUT2D eigenvalue weighted by Gasteiger charge is 2.21. The van der Waals surface area contributed by atoms with Gasteiger partial charge in [-0.25, -0.2) is 4.39 Å². The molecule has 0 amide bonds. The van der Waals surface area contributed by atoms with Crippen LogP contribution < -0.4 is 10.6 Å². The van der Waals surface area contributed by atoms with E-state index in [-0.39, 0.29) is 29.8 Å². The van der Waals surface area contributed by atoms with E-state index in [1.165, 1.54) is 25.0 Å². The largest absolute Gasteiger partial charge is 0.459 e. The summed E-state index contributed by atoms with van der Waals surface area (Å²) in [6, 6.07) is 4.60. The molecule has 2 N–H and O–H groups in total. The van der Waals surface area contributed by atoms with Crippen molar-refractivity contribution in [2.45, 2.75) is 26.3 Å². The van der Waals surface area contributed by atoms with Crippen LogP contribution in [-0.4, -0.2) is 19.6 Å². The molecule has 4 nitrogen and oxygen atoms in total. The summed E-state index contributed by atoms with van der Waals surface area (Å²) in [4.78, 5) is 4.19. The molecule has 0 saturated heterocycles. The lowest BCUT2D eigenvalue weighted by molar-refractivity contribution is 0.533. The maximum Gasteiger partial charge on any atom is 0.191 e. The maximum atomic E-state index is 13.3. The standard InChI is InChI=1S/C16H20FN3O.HI/c1-10-13-7-12(17)5-6-14(13)21-15(10)9-20-16(18-2)19-8-11-3-4-11;/h5-7,11H,3-4,8-9H2,1-2H3,(H2,18,19,20);1H. The summed E-state index contributed by atoms with van der Waals surface area (Å²) in [7, 11) is 1.75. The fraction of sp³-hybridized carbons (Fsp3) is 0.438. The Morgan fingerprint density at radius 1 is 1.36 bits per heavy atom. The van der Waals surface area contributed by atoms with Crippen LogP contribution in [0.1, 0.15) is 24.2 Å². The molecule has 1 heterocycles. The van der Waals surface area contributed by atoms with Gasteiger partial charge in [0.1, 0.15) is 17.2 Å². The van der Waals surface area contributed by atoms with E-state index in [0.29, 0.717) is 12.1 Å². The van der Waals surface area contributed by atoms with Gasteiger partial charge < -0.3 is 15.1 Å². The highest BCUT2D eigenvalue weighted by molar-refractivity contribution is 14.0. The third kappa shape index (κ3) is 3.91. The third-order valence-electron chi connectivity index (χ3n) is 3.89. The van der Waals surface area contributed by atoms with E-state index in [9.17, 15) is 4.39 Å². The fourth-order valence-corrected chi connectivity index (χ4v) is 2.36. The number of aliphatic imine (C=N–C) groups is 1. The zero-order valence-corrected chi connectivity index (χ0v) is 15.1. The Morgan fingerprint density at radius 3 is 2.82 bits per heavy atom. The Kier molecular flexibility index (Phi) is 5.66. The zero-order chi connectivity index (χ0) is 14.8. The molecule has 0 bridgehead atoms. The predicted molar refractivity (Wildman–Crippen MR) is 97.2 cm³/mol. The number of nitrogens with zero attached hydrogens (tertiary/aromatic N) is 1. The second-order valence-corrected chi connectivity index (χ2v) is 5.54. The molecule has 1 aliphatic carbocycles. The molecular weight excluding hydrogens is 396 g/mol. The van der Waals surface area contributed by atoms with Gasteiger partial charge in [0.2, 0.25) is 0 Å². The Bertz CT molecular complexity index is 679. The van der Waals surface area contributed by atoms with Crippen molar-refractivity contribution in [1.29, 1.82) is 0 Å². The van der Waals surface area contributed by atoms with Crippen molar-refractivity contribution >= 4 is 40.9 Å². The third-order valence-corrected chi connectivity index (χ3v) is 3.89. The van der Waals surface area contributed by atoms with E-state index in [1.807, 2.05) is 6.92 Å². The van der Waals surface area contributed by atoms with Gasteiger partial charge in [-0.15, -0.1) is 24.0 Å². The molecule has 0 atom stereocenters. The van der Waals surface area contributed by atoms with Crippen LogP contribution in [-0.2, 0) is 6.54 Å². The first-order chi connectivity index (χ1) is 10.2. The number of benzene rings is 1. The van der Waals surface area contributed by atoms with Crippen molar-refractivity contribution in [3.05, 3.63) is 35.3 Å². The molecule has 120 valence electrons. The van der Waals surface area contributed by atoms with Gasteiger partial charge in [0, 0.05) is 24.5 Å². The number of halogens is 2. The normalized spacial score (nSPS) is 14.8. The van der Waals surface area contributed by atoms with Crippen molar-refractivity contribution < 1.29 is 8.81 Å². The van der Waals surface area contributed by atoms with Gasteiger partial charge in [0.25, 0.3) is 0 Å². The summed E-state index contributed by atoms with van der Waals surface area (Å²) >= 11 is 0. The van der Waals surface area contributed by atoms with Crippen LogP contribution in [0.25, 0.3) is 11.0 Å². The minimum atomic E-state index is -0.243. The van der Waals surface area contributed by atoms with Crippen LogP contribution in [0, 0.1) is 18.7 Å². The highest BCUT2D eigenvalue weighted by atomic mass is 127. The molecule has 1 aromatic heterocycles. The van der Waals surface area contributed by atoms with Crippen LogP contribution in [0.5, 0.6) is 0 Å². The first kappa shape index (κ1) is 17.1. The minimum absolute atomic E-state index is 0. The number of rotatable bonds is 4. The Labute approximate surface area is 146 Å². The van der Waals surface area contributed by atoms with Gasteiger partial charge >= 0.3 is 0 Å². The van der Waals surface area contributed by atoms with Crippen molar-refractivity contribution in [2.24, 2.45) is 10.9 Å². The number of aryl methyl sites for hydroxylation is 1. The lowest BCUT2D eigenvalue weighted by Gasteiger charge is -2.10. The zero-order valence-electron chi connectivity index (χ0n) is 12.8. The van der Waals surface area contributed by atoms with E-state index in [1.54, 1.807) is 13.1 Å². The van der Waals surface area contributed by atoms with Crippen molar-refractivity contribution in [3.8, 4) is 0 Å². The Morgan fingerprint density at radius 2 is 2.14 bits per heavy atom. The first-order valence-electron chi connectivity index (χ1n) is 7.29. The molecule has 0 aliphatic heterocycles. The monoisotopic (exact) mass is 417 g/mol. The average Bonchev–Trinajstić information content (AvgIpc) is 3.26. The number of fused-ring (bicyclic) bond motifs is 1. The van der Waals surface area contributed by atoms with E-state index < -0.39 is 0 Å². The average molecular weight is 417 g/mol. The maximum absolute atomic E-state index is 13.3. The lowest BCUT2D eigenvalue weighted by atomic mass is 10.1. The smallest absolute Gasteiger partial charge is 0.191 e. The van der Waals surface area contributed by atoms with Crippen LogP contribution in [0.2, 0.25) is 0 Å². The minimum Gasteiger partial charge on any atom is -0.459 e. The molecule has 0 unspecified atom stereocenters. The molecule has 22 heavy (non-hydrogen) atoms. The number of nitrogens with one attached hydrogen (secondary N) is 2. The van der Waals surface area contributed by atoms with Gasteiger partial charge in [-0.05, 0) is 43.9 Å². The summed E-state index contributed by atoms with van der Waals surface area (Å²) in [5, 5.41) is 7.36. The van der Waals surface area contributed by atoms with E-state index in [2.05, 4.69) is 15.6 Å². The summed E-state index contributed by atoms with van der Waals surface area (Å²) in [6.07, 6.45) is 2.61. The number of hydrogen-bond acceptors (Lipinski definition) is 2. The predicted octanol–water partition coefficient (Wildman–Crippen LogP) is 3.57. The molecule has 3 rings (SSSR count). The van der Waals surface area contributed by atoms with Gasteiger partial charge in [0.15, 0.2) is 5.96 Å². The summed E-state index contributed by atoms with van der Waals surface area (Å²) in [5.41, 5.74) is 1.68. The molecule has 0 spiro atoms. The van der Waals surface area contributed by atoms with Gasteiger partial charge in [-0.1, -0.05) is 0 Å². The molecule has 1 fully saturated rings. The molecular formula is C16H21FIN3O. The van der Waals surface area contributed by atoms with Crippen molar-refractivity contribution in [3.63, 3.8) is 0 Å². The molecule has 1 aromatic carbocycles. The van der Waals surface area contributed by atoms with Crippen LogP contribution in [0.15, 0.2) is 27.6 Å². The first-order valence-corrected chi connectivity index (χ1v) is 7.29. The SMILES string of the molecule is CN=C(NCc1oc2ccc(F)cc2c1C)NCC1CC1.I. The van der Waals surface area contributed by atoms with Crippen LogP contribution in [0.4, 0.5) is 4.39 Å². The summed E-state index contributed by atoms with van der Waals surface area (Å²) in [5.74, 6) is 2.13. The van der Waals surface area contributed by atoms with Crippen LogP contribution in [0.3, 0.4) is 0 Å². The van der Waals surface area contributed by atoms with E-state index in [4.69, 9.17) is 4.42 Å². The van der Waals surface area contributed by atoms with Crippen molar-refractivity contribution in [2.75, 3.05) is 13.6 Å². The topological polar surface area (TPSA) is 49.6 Å². The van der Waals surface area contributed by atoms with Crippen molar-refractivity contribution in [1.82, 2.24) is 10.6 Å².